The van der Waals surface area contributed by atoms with E-state index >= 15 is 0 Å². The van der Waals surface area contributed by atoms with Crippen molar-refractivity contribution in [3.63, 3.8) is 0 Å². The predicted octanol–water partition coefficient (Wildman–Crippen LogP) is 5.38. The van der Waals surface area contributed by atoms with Crippen LogP contribution in [0.25, 0.3) is 10.8 Å². The Kier molecular flexibility index (Phi) is 10.0. The van der Waals surface area contributed by atoms with E-state index in [-0.39, 0.29) is 13.2 Å². The van der Waals surface area contributed by atoms with E-state index in [1.807, 2.05) is 30.3 Å². The number of hydrogen-bond acceptors (Lipinski definition) is 6. The van der Waals surface area contributed by atoms with Crippen molar-refractivity contribution >= 4 is 22.7 Å². The maximum absolute atomic E-state index is 12.7. The Labute approximate surface area is 213 Å². The van der Waals surface area contributed by atoms with Gasteiger partial charge in [0.05, 0.1) is 0 Å². The zero-order valence-electron chi connectivity index (χ0n) is 21.3. The third kappa shape index (κ3) is 8.77. The molecule has 0 aliphatic rings. The molecule has 3 aromatic carbocycles. The number of aryl methyl sites for hydroxylation is 1. The van der Waals surface area contributed by atoms with Crippen LogP contribution in [0.15, 0.2) is 72.8 Å². The van der Waals surface area contributed by atoms with Gasteiger partial charge in [-0.25, -0.2) is 9.59 Å². The van der Waals surface area contributed by atoms with E-state index in [0.29, 0.717) is 6.42 Å². The SMILES string of the molecule is CC(C)(C)OC(=O)C(OCCCCCc1ccc2ccccc2c1)C(O)C(=O)OCc1ccccc1. The molecule has 3 rings (SSSR count). The number of carbonyl (C=O) groups excluding carboxylic acids is 2. The molecule has 2 unspecified atom stereocenters. The standard InChI is InChI=1S/C30H36O6/c1-30(2,3)36-29(33)27(26(31)28(32)35-21-23-13-6-4-7-14-23)34-19-11-5-8-12-22-17-18-24-15-9-10-16-25(24)20-22/h4,6-7,9-10,13-18,20,26-27,31H,5,8,11-12,19,21H2,1-3H3. The molecular weight excluding hydrogens is 456 g/mol. The second-order valence-electron chi connectivity index (χ2n) is 9.86. The fourth-order valence-corrected chi connectivity index (χ4v) is 3.80. The van der Waals surface area contributed by atoms with Crippen LogP contribution in [0.2, 0.25) is 0 Å². The topological polar surface area (TPSA) is 82.1 Å². The quantitative estimate of drug-likeness (QED) is 0.270. The first kappa shape index (κ1) is 27.4. The van der Waals surface area contributed by atoms with Crippen LogP contribution in [-0.4, -0.2) is 41.5 Å². The number of hydrogen-bond donors (Lipinski definition) is 1. The van der Waals surface area contributed by atoms with Crippen molar-refractivity contribution in [3.05, 3.63) is 83.9 Å². The molecular formula is C30H36O6. The minimum atomic E-state index is -1.78. The van der Waals surface area contributed by atoms with Crippen LogP contribution < -0.4 is 0 Å². The summed E-state index contributed by atoms with van der Waals surface area (Å²) in [6.45, 7) is 5.36. The van der Waals surface area contributed by atoms with E-state index < -0.39 is 29.7 Å². The maximum atomic E-state index is 12.7. The van der Waals surface area contributed by atoms with E-state index in [4.69, 9.17) is 14.2 Å². The Hall–Kier alpha value is -3.22. The molecule has 1 N–H and O–H groups in total. The highest BCUT2D eigenvalue weighted by Crippen LogP contribution is 2.18. The normalized spacial score (nSPS) is 13.2. The molecule has 0 aromatic heterocycles. The number of fused-ring (bicyclic) bond motifs is 1. The number of esters is 2. The lowest BCUT2D eigenvalue weighted by Crippen LogP contribution is -2.45. The number of carbonyl (C=O) groups is 2. The van der Waals surface area contributed by atoms with Gasteiger partial charge in [-0.2, -0.15) is 0 Å². The molecule has 0 saturated carbocycles. The summed E-state index contributed by atoms with van der Waals surface area (Å²) >= 11 is 0. The lowest BCUT2D eigenvalue weighted by molar-refractivity contribution is -0.185. The number of ether oxygens (including phenoxy) is 3. The van der Waals surface area contributed by atoms with E-state index in [9.17, 15) is 14.7 Å². The Balaban J connectivity index is 1.48. The number of unbranched alkanes of at least 4 members (excludes halogenated alkanes) is 2. The smallest absolute Gasteiger partial charge is 0.339 e. The summed E-state index contributed by atoms with van der Waals surface area (Å²) in [5.41, 5.74) is 1.27. The van der Waals surface area contributed by atoms with E-state index in [1.165, 1.54) is 16.3 Å². The first-order valence-electron chi connectivity index (χ1n) is 12.4. The van der Waals surface area contributed by atoms with E-state index in [2.05, 4.69) is 30.3 Å². The number of aliphatic hydroxyl groups is 1. The molecule has 0 aliphatic heterocycles. The molecule has 3 aromatic rings. The number of aliphatic hydroxyl groups excluding tert-OH is 1. The van der Waals surface area contributed by atoms with Gasteiger partial charge < -0.3 is 19.3 Å². The molecule has 0 aliphatic carbocycles. The van der Waals surface area contributed by atoms with Crippen LogP contribution >= 0.6 is 0 Å². The highest BCUT2D eigenvalue weighted by atomic mass is 16.6. The van der Waals surface area contributed by atoms with Gasteiger partial charge in [-0.15, -0.1) is 0 Å². The van der Waals surface area contributed by atoms with Crippen molar-refractivity contribution in [3.8, 4) is 0 Å². The summed E-state index contributed by atoms with van der Waals surface area (Å²) in [7, 11) is 0. The first-order valence-corrected chi connectivity index (χ1v) is 12.4. The number of benzene rings is 3. The Morgan fingerprint density at radius 3 is 2.22 bits per heavy atom. The zero-order valence-corrected chi connectivity index (χ0v) is 21.3. The highest BCUT2D eigenvalue weighted by molar-refractivity contribution is 5.85. The van der Waals surface area contributed by atoms with Crippen molar-refractivity contribution in [2.75, 3.05) is 6.61 Å². The monoisotopic (exact) mass is 492 g/mol. The molecule has 0 heterocycles. The van der Waals surface area contributed by atoms with Crippen molar-refractivity contribution < 1.29 is 28.9 Å². The van der Waals surface area contributed by atoms with Gasteiger partial charge in [0, 0.05) is 6.61 Å². The van der Waals surface area contributed by atoms with Crippen LogP contribution in [0.1, 0.15) is 51.2 Å². The minimum absolute atomic E-state index is 0.00740. The van der Waals surface area contributed by atoms with Crippen LogP contribution in [0.4, 0.5) is 0 Å². The summed E-state index contributed by atoms with van der Waals surface area (Å²) in [6, 6.07) is 23.9. The van der Waals surface area contributed by atoms with Crippen molar-refractivity contribution in [2.24, 2.45) is 0 Å². The Bertz CT molecular complexity index is 1120. The molecule has 192 valence electrons. The Morgan fingerprint density at radius 1 is 0.806 bits per heavy atom. The fourth-order valence-electron chi connectivity index (χ4n) is 3.80. The van der Waals surface area contributed by atoms with Gasteiger partial charge in [0.25, 0.3) is 0 Å². The molecule has 2 atom stereocenters. The van der Waals surface area contributed by atoms with Crippen molar-refractivity contribution in [2.45, 2.75) is 70.9 Å². The van der Waals surface area contributed by atoms with E-state index in [1.54, 1.807) is 32.9 Å². The summed E-state index contributed by atoms with van der Waals surface area (Å²) in [5, 5.41) is 13.0. The summed E-state index contributed by atoms with van der Waals surface area (Å²) in [5.74, 6) is -1.71. The molecule has 0 fully saturated rings. The molecule has 0 amide bonds. The summed E-state index contributed by atoms with van der Waals surface area (Å²) in [6.07, 6.45) is 0.227. The second kappa shape index (κ2) is 13.2. The lowest BCUT2D eigenvalue weighted by atomic mass is 10.0. The third-order valence-corrected chi connectivity index (χ3v) is 5.61. The highest BCUT2D eigenvalue weighted by Gasteiger charge is 2.37. The zero-order chi connectivity index (χ0) is 26.0. The van der Waals surface area contributed by atoms with E-state index in [0.717, 1.165) is 24.8 Å². The third-order valence-electron chi connectivity index (χ3n) is 5.61. The average Bonchev–Trinajstić information content (AvgIpc) is 2.86. The van der Waals surface area contributed by atoms with Gasteiger partial charge in [-0.1, -0.05) is 79.2 Å². The molecule has 36 heavy (non-hydrogen) atoms. The number of rotatable bonds is 12. The van der Waals surface area contributed by atoms with Crippen molar-refractivity contribution in [1.82, 2.24) is 0 Å². The maximum Gasteiger partial charge on any atom is 0.339 e. The predicted molar refractivity (Wildman–Crippen MR) is 139 cm³/mol. The molecule has 0 radical (unpaired) electrons. The van der Waals surface area contributed by atoms with Gasteiger partial charge in [0.2, 0.25) is 0 Å². The van der Waals surface area contributed by atoms with Gasteiger partial charge in [-0.3, -0.25) is 0 Å². The first-order chi connectivity index (χ1) is 17.2. The van der Waals surface area contributed by atoms with Crippen LogP contribution in [0.5, 0.6) is 0 Å². The van der Waals surface area contributed by atoms with Crippen LogP contribution in [-0.2, 0) is 36.8 Å². The second-order valence-corrected chi connectivity index (χ2v) is 9.86. The molecule has 6 nitrogen and oxygen atoms in total. The molecule has 0 spiro atoms. The molecule has 0 saturated heterocycles. The lowest BCUT2D eigenvalue weighted by Gasteiger charge is -2.26. The average molecular weight is 493 g/mol. The van der Waals surface area contributed by atoms with Crippen LogP contribution in [0.3, 0.4) is 0 Å². The minimum Gasteiger partial charge on any atom is -0.459 e. The summed E-state index contributed by atoms with van der Waals surface area (Å²) < 4.78 is 16.2. The van der Waals surface area contributed by atoms with Crippen LogP contribution in [0, 0.1) is 0 Å². The largest absolute Gasteiger partial charge is 0.459 e. The van der Waals surface area contributed by atoms with Gasteiger partial charge >= 0.3 is 11.9 Å². The summed E-state index contributed by atoms with van der Waals surface area (Å²) in [4.78, 5) is 25.1. The van der Waals surface area contributed by atoms with Gasteiger partial charge in [0.1, 0.15) is 12.2 Å². The fraction of sp³-hybridized carbons (Fsp3) is 0.400. The Morgan fingerprint density at radius 2 is 1.50 bits per heavy atom. The van der Waals surface area contributed by atoms with Gasteiger partial charge in [-0.05, 0) is 61.9 Å². The van der Waals surface area contributed by atoms with Crippen molar-refractivity contribution in [1.29, 1.82) is 0 Å². The molecule has 0 bridgehead atoms. The molecule has 6 heteroatoms. The van der Waals surface area contributed by atoms with Gasteiger partial charge in [0.15, 0.2) is 12.2 Å².